The first-order chi connectivity index (χ1) is 21.2. The summed E-state index contributed by atoms with van der Waals surface area (Å²) in [5, 5.41) is 10.8. The number of halogens is 1. The van der Waals surface area contributed by atoms with Crippen molar-refractivity contribution in [3.63, 3.8) is 0 Å². The van der Waals surface area contributed by atoms with Crippen LogP contribution in [-0.4, -0.2) is 72.0 Å². The summed E-state index contributed by atoms with van der Waals surface area (Å²) in [5.41, 5.74) is 0.535. The molecule has 1 fully saturated rings. The topological polar surface area (TPSA) is 169 Å². The molecule has 45 heavy (non-hydrogen) atoms. The quantitative estimate of drug-likeness (QED) is 0.213. The van der Waals surface area contributed by atoms with Gasteiger partial charge in [-0.1, -0.05) is 36.0 Å². The van der Waals surface area contributed by atoms with E-state index in [1.807, 2.05) is 0 Å². The Morgan fingerprint density at radius 3 is 1.98 bits per heavy atom. The van der Waals surface area contributed by atoms with E-state index in [0.29, 0.717) is 10.6 Å². The number of carbonyl (C=O) groups is 5. The predicted octanol–water partition coefficient (Wildman–Crippen LogP) is 4.15. The van der Waals surface area contributed by atoms with Crippen LogP contribution in [0.3, 0.4) is 0 Å². The number of esters is 5. The fraction of sp³-hybridized carbons (Fsp3) is 0.433. The van der Waals surface area contributed by atoms with E-state index in [9.17, 15) is 29.2 Å². The number of nitriles is 1. The van der Waals surface area contributed by atoms with E-state index in [1.165, 1.54) is 11.5 Å². The minimum Gasteiger partial charge on any atom is -0.463 e. The van der Waals surface area contributed by atoms with Crippen molar-refractivity contribution >= 4 is 53.7 Å². The van der Waals surface area contributed by atoms with Crippen LogP contribution >= 0.6 is 23.8 Å². The molecule has 1 aliphatic rings. The number of nitrogens with zero attached hydrogens (tertiary/aromatic N) is 2. The number of pyridine rings is 1. The third-order valence-electron chi connectivity index (χ3n) is 6.60. The van der Waals surface area contributed by atoms with Crippen LogP contribution < -0.4 is 0 Å². The summed E-state index contributed by atoms with van der Waals surface area (Å²) < 4.78 is 34.5. The summed E-state index contributed by atoms with van der Waals surface area (Å²) in [6, 6.07) is 8.41. The number of benzene rings is 1. The zero-order valence-electron chi connectivity index (χ0n) is 25.3. The van der Waals surface area contributed by atoms with Gasteiger partial charge >= 0.3 is 29.8 Å². The van der Waals surface area contributed by atoms with E-state index >= 15 is 0 Å². The SMILES string of the molecule is CCOC(=O)c1c(-c2ccc(Cl)cc2)c(C#N)c(=S)n([C@@H]2O[C@@H](COC(C)=O)[C@@H](OC(C)=O)[C@@H](OC(C)=O)[C@@H]2OC(C)=O)c1C. The molecule has 0 N–H and O–H groups in total. The van der Waals surface area contributed by atoms with Crippen LogP contribution in [0.2, 0.25) is 5.02 Å². The zero-order chi connectivity index (χ0) is 33.6. The molecule has 0 spiro atoms. The highest BCUT2D eigenvalue weighted by atomic mass is 35.5. The summed E-state index contributed by atoms with van der Waals surface area (Å²) in [4.78, 5) is 62.1. The molecular formula is C30H31ClN2O11S. The van der Waals surface area contributed by atoms with Crippen molar-refractivity contribution in [2.45, 2.75) is 72.2 Å². The van der Waals surface area contributed by atoms with Crippen molar-refractivity contribution in [2.75, 3.05) is 13.2 Å². The van der Waals surface area contributed by atoms with Crippen LogP contribution in [0.4, 0.5) is 0 Å². The van der Waals surface area contributed by atoms with E-state index < -0.39 is 67.1 Å². The van der Waals surface area contributed by atoms with Crippen molar-refractivity contribution in [3.05, 3.63) is 50.7 Å². The second-order valence-corrected chi connectivity index (χ2v) is 10.6. The number of hydrogen-bond acceptors (Lipinski definition) is 13. The Kier molecular flexibility index (Phi) is 11.8. The molecule has 1 aromatic heterocycles. The van der Waals surface area contributed by atoms with E-state index in [-0.39, 0.29) is 33.6 Å². The van der Waals surface area contributed by atoms with Gasteiger partial charge in [0.25, 0.3) is 0 Å². The Hall–Kier alpha value is -4.32. The van der Waals surface area contributed by atoms with E-state index in [1.54, 1.807) is 31.2 Å². The van der Waals surface area contributed by atoms with Crippen LogP contribution in [0, 0.1) is 22.9 Å². The lowest BCUT2D eigenvalue weighted by Crippen LogP contribution is -2.60. The Morgan fingerprint density at radius 2 is 1.47 bits per heavy atom. The lowest BCUT2D eigenvalue weighted by atomic mass is 9.93. The fourth-order valence-electron chi connectivity index (χ4n) is 4.99. The van der Waals surface area contributed by atoms with Crippen molar-refractivity contribution in [1.29, 1.82) is 5.26 Å². The Bertz CT molecular complexity index is 1600. The molecule has 0 radical (unpaired) electrons. The molecule has 2 heterocycles. The maximum absolute atomic E-state index is 13.5. The van der Waals surface area contributed by atoms with Gasteiger partial charge in [-0.2, -0.15) is 5.26 Å². The smallest absolute Gasteiger partial charge is 0.340 e. The Morgan fingerprint density at radius 1 is 0.911 bits per heavy atom. The first kappa shape index (κ1) is 35.2. The second kappa shape index (κ2) is 15.1. The van der Waals surface area contributed by atoms with E-state index in [0.717, 1.165) is 27.7 Å². The second-order valence-electron chi connectivity index (χ2n) is 9.81. The average molecular weight is 663 g/mol. The molecule has 15 heteroatoms. The van der Waals surface area contributed by atoms with Gasteiger partial charge in [0, 0.05) is 44.0 Å². The lowest BCUT2D eigenvalue weighted by molar-refractivity contribution is -0.269. The molecule has 2 aromatic rings. The van der Waals surface area contributed by atoms with Gasteiger partial charge in [0.1, 0.15) is 23.4 Å². The fourth-order valence-corrected chi connectivity index (χ4v) is 5.50. The third kappa shape index (κ3) is 8.05. The Labute approximate surface area is 268 Å². The highest BCUT2D eigenvalue weighted by Crippen LogP contribution is 2.39. The largest absolute Gasteiger partial charge is 0.463 e. The molecule has 3 rings (SSSR count). The van der Waals surface area contributed by atoms with E-state index in [4.69, 9.17) is 52.2 Å². The standard InChI is InChI=1S/C30H31ClN2O11S/c1-7-39-30(38)23-14(2)33(29(45)21(12-32)24(23)19-8-10-20(31)11-9-19)28-27(43-18(6)37)26(42-17(5)36)25(41-16(4)35)22(44-28)13-40-15(3)34/h8-11,22,25-28H,7,13H2,1-6H3/t22-,25+,26+,27-,28+/m0/s1. The summed E-state index contributed by atoms with van der Waals surface area (Å²) in [6.07, 6.45) is -7.28. The summed E-state index contributed by atoms with van der Waals surface area (Å²) in [6.45, 7) is 7.05. The summed E-state index contributed by atoms with van der Waals surface area (Å²) >= 11 is 11.9. The maximum Gasteiger partial charge on any atom is 0.340 e. The molecule has 0 unspecified atom stereocenters. The summed E-state index contributed by atoms with van der Waals surface area (Å²) in [7, 11) is 0. The highest BCUT2D eigenvalue weighted by molar-refractivity contribution is 7.71. The van der Waals surface area contributed by atoms with Gasteiger partial charge in [-0.25, -0.2) is 4.79 Å². The molecule has 240 valence electrons. The minimum atomic E-state index is -1.54. The predicted molar refractivity (Wildman–Crippen MR) is 158 cm³/mol. The van der Waals surface area contributed by atoms with Gasteiger partial charge in [0.2, 0.25) is 0 Å². The van der Waals surface area contributed by atoms with Crippen LogP contribution in [0.5, 0.6) is 0 Å². The summed E-state index contributed by atoms with van der Waals surface area (Å²) in [5.74, 6) is -3.96. The first-order valence-electron chi connectivity index (χ1n) is 13.6. The molecule has 13 nitrogen and oxygen atoms in total. The molecule has 1 aliphatic heterocycles. The normalized spacial score (nSPS) is 20.7. The molecular weight excluding hydrogens is 632 g/mol. The Balaban J connectivity index is 2.43. The average Bonchev–Trinajstić information content (AvgIpc) is 2.94. The monoisotopic (exact) mass is 662 g/mol. The van der Waals surface area contributed by atoms with Crippen molar-refractivity contribution in [3.8, 4) is 17.2 Å². The van der Waals surface area contributed by atoms with Crippen molar-refractivity contribution in [1.82, 2.24) is 4.57 Å². The minimum absolute atomic E-state index is 0.00506. The number of hydrogen-bond donors (Lipinski definition) is 0. The van der Waals surface area contributed by atoms with Gasteiger partial charge in [-0.05, 0) is 31.5 Å². The number of carbonyl (C=O) groups excluding carboxylic acids is 5. The number of rotatable bonds is 9. The molecule has 5 atom stereocenters. The van der Waals surface area contributed by atoms with E-state index in [2.05, 4.69) is 6.07 Å². The molecule has 0 bridgehead atoms. The number of aromatic nitrogens is 1. The van der Waals surface area contributed by atoms with Crippen LogP contribution in [0.1, 0.15) is 62.5 Å². The highest BCUT2D eigenvalue weighted by Gasteiger charge is 2.53. The van der Waals surface area contributed by atoms with Crippen LogP contribution in [-0.2, 0) is 47.6 Å². The van der Waals surface area contributed by atoms with Gasteiger partial charge in [-0.15, -0.1) is 0 Å². The molecule has 1 saturated heterocycles. The lowest BCUT2D eigenvalue weighted by Gasteiger charge is -2.45. The van der Waals surface area contributed by atoms with Crippen molar-refractivity contribution < 1.29 is 52.4 Å². The van der Waals surface area contributed by atoms with Gasteiger partial charge in [0.05, 0.1) is 17.7 Å². The van der Waals surface area contributed by atoms with Crippen LogP contribution in [0.15, 0.2) is 24.3 Å². The molecule has 0 amide bonds. The molecule has 1 aromatic carbocycles. The first-order valence-corrected chi connectivity index (χ1v) is 14.4. The van der Waals surface area contributed by atoms with Crippen molar-refractivity contribution in [2.24, 2.45) is 0 Å². The van der Waals surface area contributed by atoms with Gasteiger partial charge in [0.15, 0.2) is 24.5 Å². The van der Waals surface area contributed by atoms with Gasteiger partial charge < -0.3 is 33.0 Å². The van der Waals surface area contributed by atoms with Crippen LogP contribution in [0.25, 0.3) is 11.1 Å². The third-order valence-corrected chi connectivity index (χ3v) is 7.25. The molecule has 0 saturated carbocycles. The maximum atomic E-state index is 13.5. The molecule has 0 aliphatic carbocycles. The number of ether oxygens (including phenoxy) is 6. The zero-order valence-corrected chi connectivity index (χ0v) is 26.9. The van der Waals surface area contributed by atoms with Gasteiger partial charge in [-0.3, -0.25) is 19.2 Å².